The van der Waals surface area contributed by atoms with Gasteiger partial charge in [-0.15, -0.1) is 0 Å². The molecule has 0 fully saturated rings. The molecule has 0 aromatic carbocycles. The van der Waals surface area contributed by atoms with Crippen LogP contribution in [0.1, 0.15) is 25.7 Å². The molecule has 0 aliphatic carbocycles. The molecule has 0 aliphatic heterocycles. The highest BCUT2D eigenvalue weighted by Crippen LogP contribution is 1.91. The molecule has 0 aliphatic rings. The van der Waals surface area contributed by atoms with Gasteiger partial charge in [0.15, 0.2) is 6.33 Å². The fraction of sp³-hybridized carbons (Fsp3) is 0.846. The standard InChI is InChI=1S/C13H25N3O4/c1-2-3-6-18-7-8-19-10-12(17)9-14-5-4-13-15-11-16-20-13/h11-12,14,17H,2-10H2,1H3. The maximum Gasteiger partial charge on any atom is 0.227 e. The van der Waals surface area contributed by atoms with E-state index >= 15 is 0 Å². The lowest BCUT2D eigenvalue weighted by atomic mass is 10.3. The number of unbranched alkanes of at least 4 members (excludes halogenated alkanes) is 1. The minimum absolute atomic E-state index is 0.310. The quantitative estimate of drug-likeness (QED) is 0.507. The van der Waals surface area contributed by atoms with Gasteiger partial charge in [0.25, 0.3) is 0 Å². The van der Waals surface area contributed by atoms with Gasteiger partial charge in [0.1, 0.15) is 0 Å². The van der Waals surface area contributed by atoms with Crippen LogP contribution in [-0.4, -0.2) is 60.9 Å². The summed E-state index contributed by atoms with van der Waals surface area (Å²) in [5, 5.41) is 16.3. The van der Waals surface area contributed by atoms with Crippen molar-refractivity contribution in [2.45, 2.75) is 32.3 Å². The summed E-state index contributed by atoms with van der Waals surface area (Å²) in [5.74, 6) is 0.590. The van der Waals surface area contributed by atoms with Crippen LogP contribution in [0.3, 0.4) is 0 Å². The Hall–Kier alpha value is -1.02. The third kappa shape index (κ3) is 8.98. The molecule has 2 N–H and O–H groups in total. The first-order valence-electron chi connectivity index (χ1n) is 7.12. The SMILES string of the molecule is CCCCOCCOCC(O)CNCCc1ncno1. The number of nitrogens with one attached hydrogen (secondary N) is 1. The fourth-order valence-corrected chi connectivity index (χ4v) is 1.51. The molecule has 0 saturated carbocycles. The zero-order chi connectivity index (χ0) is 14.5. The number of ether oxygens (including phenoxy) is 2. The number of rotatable bonds is 13. The maximum atomic E-state index is 9.67. The van der Waals surface area contributed by atoms with Gasteiger partial charge in [-0.3, -0.25) is 0 Å². The molecule has 1 unspecified atom stereocenters. The second-order valence-electron chi connectivity index (χ2n) is 4.48. The monoisotopic (exact) mass is 287 g/mol. The van der Waals surface area contributed by atoms with E-state index in [9.17, 15) is 5.11 Å². The molecule has 7 nitrogen and oxygen atoms in total. The summed E-state index contributed by atoms with van der Waals surface area (Å²) < 4.78 is 15.5. The molecular formula is C13H25N3O4. The number of hydrogen-bond donors (Lipinski definition) is 2. The Kier molecular flexibility index (Phi) is 10.0. The van der Waals surface area contributed by atoms with Gasteiger partial charge in [-0.2, -0.15) is 4.98 Å². The molecule has 0 amide bonds. The van der Waals surface area contributed by atoms with Gasteiger partial charge in [-0.1, -0.05) is 18.5 Å². The van der Waals surface area contributed by atoms with Crippen LogP contribution in [0, 0.1) is 0 Å². The Labute approximate surface area is 119 Å². The van der Waals surface area contributed by atoms with E-state index in [1.807, 2.05) is 0 Å². The van der Waals surface area contributed by atoms with Gasteiger partial charge in [0.2, 0.25) is 5.89 Å². The Morgan fingerprint density at radius 2 is 2.20 bits per heavy atom. The van der Waals surface area contributed by atoms with Crippen molar-refractivity contribution in [2.24, 2.45) is 0 Å². The van der Waals surface area contributed by atoms with E-state index in [2.05, 4.69) is 22.4 Å². The first-order chi connectivity index (χ1) is 9.83. The lowest BCUT2D eigenvalue weighted by Gasteiger charge is -2.12. The first-order valence-corrected chi connectivity index (χ1v) is 7.12. The Morgan fingerprint density at radius 1 is 1.35 bits per heavy atom. The van der Waals surface area contributed by atoms with Crippen molar-refractivity contribution in [1.29, 1.82) is 0 Å². The summed E-state index contributed by atoms with van der Waals surface area (Å²) >= 11 is 0. The Bertz CT molecular complexity index is 309. The normalized spacial score (nSPS) is 12.7. The van der Waals surface area contributed by atoms with E-state index in [1.165, 1.54) is 6.33 Å². The molecule has 1 rings (SSSR count). The van der Waals surface area contributed by atoms with Gasteiger partial charge >= 0.3 is 0 Å². The number of aromatic nitrogens is 2. The highest BCUT2D eigenvalue weighted by Gasteiger charge is 2.04. The van der Waals surface area contributed by atoms with Crippen LogP contribution in [0.25, 0.3) is 0 Å². The average Bonchev–Trinajstić information content (AvgIpc) is 2.96. The molecule has 0 radical (unpaired) electrons. The Balaban J connectivity index is 1.84. The second kappa shape index (κ2) is 11.8. The summed E-state index contributed by atoms with van der Waals surface area (Å²) in [5.41, 5.74) is 0. The summed E-state index contributed by atoms with van der Waals surface area (Å²) in [6.07, 6.45) is 3.72. The van der Waals surface area contributed by atoms with Crippen LogP contribution in [-0.2, 0) is 15.9 Å². The summed E-state index contributed by atoms with van der Waals surface area (Å²) in [7, 11) is 0. The zero-order valence-corrected chi connectivity index (χ0v) is 12.1. The summed E-state index contributed by atoms with van der Waals surface area (Å²) in [6, 6.07) is 0. The highest BCUT2D eigenvalue weighted by molar-refractivity contribution is 4.75. The molecule has 0 saturated heterocycles. The van der Waals surface area contributed by atoms with E-state index in [4.69, 9.17) is 14.0 Å². The van der Waals surface area contributed by atoms with Gasteiger partial charge in [-0.25, -0.2) is 0 Å². The third-order valence-corrected chi connectivity index (χ3v) is 2.63. The van der Waals surface area contributed by atoms with E-state index in [0.717, 1.165) is 19.4 Å². The summed E-state index contributed by atoms with van der Waals surface area (Å²) in [4.78, 5) is 3.91. The molecule has 1 aromatic rings. The van der Waals surface area contributed by atoms with Crippen molar-refractivity contribution >= 4 is 0 Å². The molecule has 1 aromatic heterocycles. The lowest BCUT2D eigenvalue weighted by molar-refractivity contribution is 0.00398. The smallest absolute Gasteiger partial charge is 0.227 e. The van der Waals surface area contributed by atoms with Gasteiger partial charge < -0.3 is 24.4 Å². The molecule has 1 atom stereocenters. The minimum Gasteiger partial charge on any atom is -0.389 e. The van der Waals surface area contributed by atoms with Crippen molar-refractivity contribution in [3.63, 3.8) is 0 Å². The van der Waals surface area contributed by atoms with Crippen LogP contribution in [0.15, 0.2) is 10.9 Å². The number of aliphatic hydroxyl groups excluding tert-OH is 1. The van der Waals surface area contributed by atoms with Gasteiger partial charge in [-0.05, 0) is 6.42 Å². The van der Waals surface area contributed by atoms with Crippen molar-refractivity contribution in [3.05, 3.63) is 12.2 Å². The number of aliphatic hydroxyl groups is 1. The lowest BCUT2D eigenvalue weighted by Crippen LogP contribution is -2.32. The first kappa shape index (κ1) is 17.0. The molecule has 7 heteroatoms. The summed E-state index contributed by atoms with van der Waals surface area (Å²) in [6.45, 7) is 5.47. The van der Waals surface area contributed by atoms with Crippen molar-refractivity contribution in [1.82, 2.24) is 15.5 Å². The average molecular weight is 287 g/mol. The molecular weight excluding hydrogens is 262 g/mol. The van der Waals surface area contributed by atoms with Crippen LogP contribution < -0.4 is 5.32 Å². The van der Waals surface area contributed by atoms with Crippen LogP contribution >= 0.6 is 0 Å². The van der Waals surface area contributed by atoms with Crippen LogP contribution in [0.2, 0.25) is 0 Å². The largest absolute Gasteiger partial charge is 0.389 e. The van der Waals surface area contributed by atoms with Crippen molar-refractivity contribution in [2.75, 3.05) is 39.5 Å². The Morgan fingerprint density at radius 3 is 2.95 bits per heavy atom. The topological polar surface area (TPSA) is 89.6 Å². The predicted octanol–water partition coefficient (Wildman–Crippen LogP) is 0.396. The molecule has 20 heavy (non-hydrogen) atoms. The highest BCUT2D eigenvalue weighted by atomic mass is 16.5. The maximum absolute atomic E-state index is 9.67. The third-order valence-electron chi connectivity index (χ3n) is 2.63. The number of nitrogens with zero attached hydrogens (tertiary/aromatic N) is 2. The predicted molar refractivity (Wildman–Crippen MR) is 73.4 cm³/mol. The van der Waals surface area contributed by atoms with E-state index in [0.29, 0.717) is 45.2 Å². The second-order valence-corrected chi connectivity index (χ2v) is 4.48. The fourth-order valence-electron chi connectivity index (χ4n) is 1.51. The van der Waals surface area contributed by atoms with Gasteiger partial charge in [0.05, 0.1) is 25.9 Å². The molecule has 1 heterocycles. The minimum atomic E-state index is -0.520. The van der Waals surface area contributed by atoms with Crippen molar-refractivity contribution in [3.8, 4) is 0 Å². The van der Waals surface area contributed by atoms with Crippen molar-refractivity contribution < 1.29 is 19.1 Å². The van der Waals surface area contributed by atoms with E-state index in [-0.39, 0.29) is 0 Å². The molecule has 0 bridgehead atoms. The zero-order valence-electron chi connectivity index (χ0n) is 12.1. The molecule has 116 valence electrons. The number of hydrogen-bond acceptors (Lipinski definition) is 7. The van der Waals surface area contributed by atoms with Gasteiger partial charge in [0, 0.05) is 26.1 Å². The van der Waals surface area contributed by atoms with E-state index in [1.54, 1.807) is 0 Å². The van der Waals surface area contributed by atoms with Crippen LogP contribution in [0.5, 0.6) is 0 Å². The van der Waals surface area contributed by atoms with Crippen LogP contribution in [0.4, 0.5) is 0 Å². The van der Waals surface area contributed by atoms with E-state index < -0.39 is 6.10 Å². The molecule has 0 spiro atoms.